The fourth-order valence-electron chi connectivity index (χ4n) is 2.14. The fraction of sp³-hybridized carbons (Fsp3) is 0. The number of para-hydroxylation sites is 1. The van der Waals surface area contributed by atoms with Crippen molar-refractivity contribution in [3.63, 3.8) is 0 Å². The van der Waals surface area contributed by atoms with E-state index >= 15 is 0 Å². The first-order chi connectivity index (χ1) is 10.1. The van der Waals surface area contributed by atoms with Crippen LogP contribution in [0, 0.1) is 10.1 Å². The number of fused-ring (bicyclic) bond motifs is 1. The summed E-state index contributed by atoms with van der Waals surface area (Å²) in [7, 11) is 0. The van der Waals surface area contributed by atoms with E-state index in [2.05, 4.69) is 5.10 Å². The van der Waals surface area contributed by atoms with Gasteiger partial charge in [-0.1, -0.05) is 18.2 Å². The SMILES string of the molecule is O=C(O)c1nn(-c2ccccc2)c2cc([N+](=O)[O-])ccc12. The van der Waals surface area contributed by atoms with Crippen LogP contribution in [-0.2, 0) is 0 Å². The predicted octanol–water partition coefficient (Wildman–Crippen LogP) is 2.63. The standard InChI is InChI=1S/C14H9N3O4/c18-14(19)13-11-7-6-10(17(20)21)8-12(11)16(15-13)9-4-2-1-3-5-9/h1-8H,(H,18,19). The molecule has 2 aromatic carbocycles. The van der Waals surface area contributed by atoms with Crippen LogP contribution in [0.3, 0.4) is 0 Å². The van der Waals surface area contributed by atoms with Gasteiger partial charge in [-0.3, -0.25) is 10.1 Å². The Morgan fingerprint density at radius 2 is 1.90 bits per heavy atom. The van der Waals surface area contributed by atoms with Crippen LogP contribution in [0.15, 0.2) is 48.5 Å². The van der Waals surface area contributed by atoms with Gasteiger partial charge in [-0.25, -0.2) is 9.48 Å². The Labute approximate surface area is 118 Å². The highest BCUT2D eigenvalue weighted by atomic mass is 16.6. The average molecular weight is 283 g/mol. The van der Waals surface area contributed by atoms with Crippen LogP contribution in [0.4, 0.5) is 5.69 Å². The molecule has 0 aliphatic heterocycles. The first kappa shape index (κ1) is 12.8. The number of nitro benzene ring substituents is 1. The summed E-state index contributed by atoms with van der Waals surface area (Å²) in [4.78, 5) is 21.6. The molecule has 0 aliphatic rings. The lowest BCUT2D eigenvalue weighted by Crippen LogP contribution is -2.01. The van der Waals surface area contributed by atoms with E-state index in [0.717, 1.165) is 0 Å². The average Bonchev–Trinajstić information content (AvgIpc) is 2.87. The highest BCUT2D eigenvalue weighted by Crippen LogP contribution is 2.26. The maximum Gasteiger partial charge on any atom is 0.357 e. The summed E-state index contributed by atoms with van der Waals surface area (Å²) < 4.78 is 1.39. The van der Waals surface area contributed by atoms with Crippen molar-refractivity contribution in [1.82, 2.24) is 9.78 Å². The first-order valence-electron chi connectivity index (χ1n) is 6.04. The summed E-state index contributed by atoms with van der Waals surface area (Å²) in [6.45, 7) is 0. The Bertz CT molecular complexity index is 855. The largest absolute Gasteiger partial charge is 0.476 e. The van der Waals surface area contributed by atoms with Crippen molar-refractivity contribution in [2.24, 2.45) is 0 Å². The van der Waals surface area contributed by atoms with Crippen molar-refractivity contribution in [1.29, 1.82) is 0 Å². The predicted molar refractivity (Wildman–Crippen MR) is 74.7 cm³/mol. The van der Waals surface area contributed by atoms with Crippen LogP contribution >= 0.6 is 0 Å². The zero-order valence-corrected chi connectivity index (χ0v) is 10.6. The van der Waals surface area contributed by atoms with Crippen molar-refractivity contribution >= 4 is 22.6 Å². The molecule has 0 amide bonds. The Balaban J connectivity index is 2.35. The summed E-state index contributed by atoms with van der Waals surface area (Å²) in [6.07, 6.45) is 0. The number of benzene rings is 2. The third-order valence-corrected chi connectivity index (χ3v) is 3.08. The number of carbonyl (C=O) groups is 1. The maximum absolute atomic E-state index is 11.3. The van der Waals surface area contributed by atoms with Crippen LogP contribution in [0.25, 0.3) is 16.6 Å². The molecule has 0 aliphatic carbocycles. The highest BCUT2D eigenvalue weighted by molar-refractivity contribution is 6.02. The molecule has 0 saturated heterocycles. The number of nitro groups is 1. The number of nitrogens with zero attached hydrogens (tertiary/aromatic N) is 3. The molecule has 0 spiro atoms. The quantitative estimate of drug-likeness (QED) is 0.588. The normalized spacial score (nSPS) is 10.7. The molecule has 0 radical (unpaired) electrons. The minimum Gasteiger partial charge on any atom is -0.476 e. The van der Waals surface area contributed by atoms with E-state index in [9.17, 15) is 20.0 Å². The van der Waals surface area contributed by atoms with Gasteiger partial charge in [-0.15, -0.1) is 0 Å². The fourth-order valence-corrected chi connectivity index (χ4v) is 2.14. The monoisotopic (exact) mass is 283 g/mol. The lowest BCUT2D eigenvalue weighted by atomic mass is 10.2. The number of rotatable bonds is 3. The van der Waals surface area contributed by atoms with Crippen LogP contribution in [0.5, 0.6) is 0 Å². The van der Waals surface area contributed by atoms with Crippen molar-refractivity contribution in [3.05, 3.63) is 64.3 Å². The maximum atomic E-state index is 11.3. The van der Waals surface area contributed by atoms with Crippen molar-refractivity contribution in [2.75, 3.05) is 0 Å². The van der Waals surface area contributed by atoms with E-state index in [4.69, 9.17) is 0 Å². The lowest BCUT2D eigenvalue weighted by molar-refractivity contribution is -0.384. The zero-order chi connectivity index (χ0) is 15.0. The smallest absolute Gasteiger partial charge is 0.357 e. The second kappa shape index (κ2) is 4.71. The minimum absolute atomic E-state index is 0.114. The van der Waals surface area contributed by atoms with Gasteiger partial charge in [0.15, 0.2) is 5.69 Å². The molecule has 0 atom stereocenters. The van der Waals surface area contributed by atoms with Crippen molar-refractivity contribution in [3.8, 4) is 5.69 Å². The Morgan fingerprint density at radius 1 is 1.19 bits per heavy atom. The van der Waals surface area contributed by atoms with Gasteiger partial charge in [0.1, 0.15) is 0 Å². The molecule has 7 heteroatoms. The van der Waals surface area contributed by atoms with Gasteiger partial charge in [0.05, 0.1) is 16.1 Å². The molecule has 3 aromatic rings. The Kier molecular flexibility index (Phi) is 2.87. The summed E-state index contributed by atoms with van der Waals surface area (Å²) in [5.41, 5.74) is 0.767. The molecule has 3 rings (SSSR count). The molecule has 1 aromatic heterocycles. The van der Waals surface area contributed by atoms with E-state index in [1.807, 2.05) is 6.07 Å². The van der Waals surface area contributed by atoms with Gasteiger partial charge in [-0.2, -0.15) is 5.10 Å². The molecule has 104 valence electrons. The third kappa shape index (κ3) is 2.10. The van der Waals surface area contributed by atoms with Gasteiger partial charge >= 0.3 is 5.97 Å². The molecule has 0 saturated carbocycles. The summed E-state index contributed by atoms with van der Waals surface area (Å²) in [6, 6.07) is 12.9. The van der Waals surface area contributed by atoms with Gasteiger partial charge < -0.3 is 5.11 Å². The molecule has 7 nitrogen and oxygen atoms in total. The molecule has 1 heterocycles. The number of carboxylic acids is 1. The molecular formula is C14H9N3O4. The molecule has 0 fully saturated rings. The second-order valence-electron chi connectivity index (χ2n) is 4.36. The number of hydrogen-bond donors (Lipinski definition) is 1. The van der Waals surface area contributed by atoms with Crippen LogP contribution in [-0.4, -0.2) is 25.8 Å². The van der Waals surface area contributed by atoms with E-state index in [1.165, 1.54) is 22.9 Å². The third-order valence-electron chi connectivity index (χ3n) is 3.08. The van der Waals surface area contributed by atoms with Gasteiger partial charge in [-0.05, 0) is 18.2 Å². The van der Waals surface area contributed by atoms with Crippen LogP contribution < -0.4 is 0 Å². The minimum atomic E-state index is -1.18. The second-order valence-corrected chi connectivity index (χ2v) is 4.36. The number of aromatic carboxylic acids is 1. The summed E-state index contributed by atoms with van der Waals surface area (Å²) in [5.74, 6) is -1.18. The number of carboxylic acid groups (broad SMARTS) is 1. The summed E-state index contributed by atoms with van der Waals surface area (Å²) in [5, 5.41) is 24.5. The van der Waals surface area contributed by atoms with E-state index in [1.54, 1.807) is 24.3 Å². The molecular weight excluding hydrogens is 274 g/mol. The lowest BCUT2D eigenvalue weighted by Gasteiger charge is -2.02. The molecule has 0 unspecified atom stereocenters. The topological polar surface area (TPSA) is 98.3 Å². The van der Waals surface area contributed by atoms with E-state index < -0.39 is 10.9 Å². The van der Waals surface area contributed by atoms with Crippen molar-refractivity contribution < 1.29 is 14.8 Å². The highest BCUT2D eigenvalue weighted by Gasteiger charge is 2.19. The Morgan fingerprint density at radius 3 is 2.52 bits per heavy atom. The van der Waals surface area contributed by atoms with E-state index in [0.29, 0.717) is 16.6 Å². The van der Waals surface area contributed by atoms with Gasteiger partial charge in [0.25, 0.3) is 5.69 Å². The molecule has 0 bridgehead atoms. The van der Waals surface area contributed by atoms with E-state index in [-0.39, 0.29) is 11.4 Å². The zero-order valence-electron chi connectivity index (χ0n) is 10.6. The van der Waals surface area contributed by atoms with Gasteiger partial charge in [0.2, 0.25) is 0 Å². The van der Waals surface area contributed by atoms with Crippen LogP contribution in [0.1, 0.15) is 10.5 Å². The summed E-state index contributed by atoms with van der Waals surface area (Å²) >= 11 is 0. The first-order valence-corrected chi connectivity index (χ1v) is 6.04. The Hall–Kier alpha value is -3.22. The van der Waals surface area contributed by atoms with Crippen LogP contribution in [0.2, 0.25) is 0 Å². The molecule has 21 heavy (non-hydrogen) atoms. The molecule has 1 N–H and O–H groups in total. The van der Waals surface area contributed by atoms with Gasteiger partial charge in [0, 0.05) is 17.5 Å². The number of non-ortho nitro benzene ring substituents is 1. The number of aromatic nitrogens is 2. The number of hydrogen-bond acceptors (Lipinski definition) is 4. The van der Waals surface area contributed by atoms with Crippen molar-refractivity contribution in [2.45, 2.75) is 0 Å².